The Morgan fingerprint density at radius 2 is 0.433 bits per heavy atom. The minimum Gasteiger partial charge on any atom is -0.548 e. The van der Waals surface area contributed by atoms with Gasteiger partial charge in [0.2, 0.25) is 0 Å². The molecule has 0 radical (unpaired) electrons. The van der Waals surface area contributed by atoms with E-state index in [2.05, 4.69) is 0 Å². The molecule has 0 spiro atoms. The summed E-state index contributed by atoms with van der Waals surface area (Å²) in [6.45, 7) is -8.67. The predicted molar refractivity (Wildman–Crippen MR) is 401 cm³/mol. The first-order chi connectivity index (χ1) is 57.4. The van der Waals surface area contributed by atoms with Gasteiger partial charge in [0.25, 0.3) is 0 Å². The van der Waals surface area contributed by atoms with Crippen molar-refractivity contribution in [1.29, 1.82) is 0 Å². The number of hydrogen-bond donors (Lipinski definition) is 6. The summed E-state index contributed by atoms with van der Waals surface area (Å²) in [7, 11) is 0. The molecular formula is C80H115NaO39-4. The molecule has 0 saturated heterocycles. The summed E-state index contributed by atoms with van der Waals surface area (Å²) >= 11 is 0. The summed E-state index contributed by atoms with van der Waals surface area (Å²) in [6.07, 6.45) is -14.6. The minimum atomic E-state index is -1.63. The Kier molecular flexibility index (Phi) is 60.0. The molecule has 0 amide bonds. The number of aliphatic carboxylic acids is 5. The van der Waals surface area contributed by atoms with E-state index in [0.29, 0.717) is 23.0 Å². The molecule has 4 aromatic rings. The van der Waals surface area contributed by atoms with E-state index in [-0.39, 0.29) is 115 Å². The summed E-state index contributed by atoms with van der Waals surface area (Å²) in [5.41, 5.74) is -0.504. The fourth-order valence-electron chi connectivity index (χ4n) is 9.67. The molecule has 6 N–H and O–H groups in total. The van der Waals surface area contributed by atoms with Crippen molar-refractivity contribution in [2.75, 3.05) is 218 Å². The molecular weight excluding hydrogens is 1610 g/mol. The van der Waals surface area contributed by atoms with E-state index < -0.39 is 253 Å². The second-order valence-electron chi connectivity index (χ2n) is 27.3. The van der Waals surface area contributed by atoms with Gasteiger partial charge < -0.3 is 189 Å². The van der Waals surface area contributed by atoms with Gasteiger partial charge in [-0.25, -0.2) is 0 Å². The van der Waals surface area contributed by atoms with Crippen LogP contribution >= 0.6 is 0 Å². The molecule has 0 fully saturated rings. The monoisotopic (exact) mass is 1720 g/mol. The summed E-state index contributed by atoms with van der Waals surface area (Å²) in [5, 5.41) is 116. The topological polar surface area (TPSA) is 534 Å². The van der Waals surface area contributed by atoms with Gasteiger partial charge >= 0.3 is 29.6 Å². The third-order valence-corrected chi connectivity index (χ3v) is 15.8. The molecule has 0 aromatic heterocycles. The number of aliphatic hydroxyl groups is 6. The molecule has 40 heteroatoms. The standard InChI is InChI=1S/C80H120O39.Na/c1-80(2,3)119-51-74(50-106-61-22-14-7-15-23-61)118-49-73(46-105-60-20-12-6-13-21-60)117-48-72(45-104-59-18-10-5-11-19-59)116-47-71(44-103-58-16-8-4-9-17-58)115-43-70(34-101-56-79(95)96)114-42-69(33-100-55-78(93)94)113-41-68(32-99-54-77(91)92)112-40-67(31-98-53-76(89)90)111-39-66(30-97-52-75(87)88)110-38-65(28-85)109-37-64(27-84)108-36-63(26-83)107-35-62(25-82)102-29-57(86)24-81;/h4-23,57,62-74,81-86H,24-56H2,1-3H3,(H,87,88)(H,89,90)(H,91,92)(H,93,94)(H,95,96);/q;+1/p-5. The minimum absolute atomic E-state index is 0. The van der Waals surface area contributed by atoms with Gasteiger partial charge in [0, 0.05) is 0 Å². The Labute approximate surface area is 719 Å². The number of carboxylic acids is 5. The number of ether oxygens (including phenoxy) is 23. The Morgan fingerprint density at radius 3 is 0.617 bits per heavy atom. The van der Waals surface area contributed by atoms with Crippen molar-refractivity contribution >= 4 is 29.8 Å². The number of hydrogen-bond acceptors (Lipinski definition) is 39. The first kappa shape index (κ1) is 108. The van der Waals surface area contributed by atoms with Crippen molar-refractivity contribution in [2.45, 2.75) is 112 Å². The van der Waals surface area contributed by atoms with Crippen molar-refractivity contribution < 1.29 is 219 Å². The third-order valence-electron chi connectivity index (χ3n) is 15.8. The molecule has 0 saturated carbocycles. The predicted octanol–water partition coefficient (Wildman–Crippen LogP) is -8.72. The number of benzene rings is 4. The Balaban J connectivity index is 0.0000372. The zero-order valence-corrected chi connectivity index (χ0v) is 70.1. The van der Waals surface area contributed by atoms with Crippen molar-refractivity contribution in [2.24, 2.45) is 0 Å². The van der Waals surface area contributed by atoms with Crippen molar-refractivity contribution in [3.63, 3.8) is 0 Å². The Morgan fingerprint density at radius 1 is 0.258 bits per heavy atom. The van der Waals surface area contributed by atoms with E-state index in [9.17, 15) is 75.0 Å². The van der Waals surface area contributed by atoms with E-state index in [4.69, 9.17) is 114 Å². The maximum absolute atomic E-state index is 11.7. The van der Waals surface area contributed by atoms with E-state index >= 15 is 0 Å². The molecule has 39 nitrogen and oxygen atoms in total. The third kappa shape index (κ3) is 55.5. The van der Waals surface area contributed by atoms with Gasteiger partial charge in [-0.3, -0.25) is 0 Å². The Bertz CT molecular complexity index is 3190. The molecule has 4 rings (SSSR count). The zero-order chi connectivity index (χ0) is 86.5. The largest absolute Gasteiger partial charge is 1.00 e. The van der Waals surface area contributed by atoms with Gasteiger partial charge in [0.15, 0.2) is 0 Å². The van der Waals surface area contributed by atoms with E-state index in [1.165, 1.54) is 0 Å². The van der Waals surface area contributed by atoms with Crippen LogP contribution in [-0.2, 0) is 114 Å². The SMILES string of the molecule is CC(C)(C)OCC(COc1ccccc1)OCC(COc1ccccc1)OCC(COc1ccccc1)OCC(COc1ccccc1)OCC(COCC(=O)[O-])OCC(COCC(=O)[O-])OCC(COCC(=O)[O-])OCC(COCC(=O)[O-])OCC(COCC(=O)[O-])OCC(CO)OCC(CO)OCC(CO)OCC(CO)OCC(O)CO.[Na+]. The molecule has 674 valence electrons. The van der Waals surface area contributed by atoms with Crippen LogP contribution in [0.1, 0.15) is 20.8 Å². The number of aliphatic hydroxyl groups excluding tert-OH is 6. The zero-order valence-electron chi connectivity index (χ0n) is 68.1. The normalized spacial score (nSPS) is 15.2. The van der Waals surface area contributed by atoms with Crippen LogP contribution in [0.4, 0.5) is 0 Å². The number of carboxylic acid groups (broad SMARTS) is 5. The van der Waals surface area contributed by atoms with Crippen LogP contribution in [-0.4, -0.2) is 370 Å². The average Bonchev–Trinajstić information content (AvgIpc) is 0.923. The number of rotatable bonds is 78. The van der Waals surface area contributed by atoms with Crippen LogP contribution in [0.15, 0.2) is 121 Å². The summed E-state index contributed by atoms with van der Waals surface area (Å²) in [5.74, 6) is -5.85. The van der Waals surface area contributed by atoms with Gasteiger partial charge in [-0.15, -0.1) is 0 Å². The van der Waals surface area contributed by atoms with Crippen LogP contribution < -0.4 is 74.0 Å². The van der Waals surface area contributed by atoms with E-state index in [1.807, 2.05) is 75.4 Å². The molecule has 0 bridgehead atoms. The first-order valence-electron chi connectivity index (χ1n) is 38.4. The van der Waals surface area contributed by atoms with Gasteiger partial charge in [0.1, 0.15) is 135 Å². The van der Waals surface area contributed by atoms with Gasteiger partial charge in [-0.1, -0.05) is 72.8 Å². The van der Waals surface area contributed by atoms with E-state index in [1.54, 1.807) is 66.7 Å². The summed E-state index contributed by atoms with van der Waals surface area (Å²) in [4.78, 5) is 57.8. The quantitative estimate of drug-likeness (QED) is 0.0224. The maximum Gasteiger partial charge on any atom is 1.00 e. The summed E-state index contributed by atoms with van der Waals surface area (Å²) < 4.78 is 136. The second kappa shape index (κ2) is 66.9. The van der Waals surface area contributed by atoms with Crippen molar-refractivity contribution in [3.05, 3.63) is 121 Å². The van der Waals surface area contributed by atoms with Crippen LogP contribution in [0.3, 0.4) is 0 Å². The molecule has 14 unspecified atom stereocenters. The molecule has 0 aliphatic heterocycles. The van der Waals surface area contributed by atoms with Crippen LogP contribution in [0.25, 0.3) is 0 Å². The van der Waals surface area contributed by atoms with Crippen molar-refractivity contribution in [1.82, 2.24) is 0 Å². The fraction of sp³-hybridized carbons (Fsp3) is 0.637. The Hall–Kier alpha value is -6.57. The molecule has 0 aliphatic carbocycles. The second-order valence-corrected chi connectivity index (χ2v) is 27.3. The first-order valence-corrected chi connectivity index (χ1v) is 38.4. The smallest absolute Gasteiger partial charge is 0.548 e. The molecule has 14 atom stereocenters. The fourth-order valence-corrected chi connectivity index (χ4v) is 9.67. The van der Waals surface area contributed by atoms with Crippen LogP contribution in [0, 0.1) is 0 Å². The molecule has 0 heterocycles. The van der Waals surface area contributed by atoms with Crippen LogP contribution in [0.2, 0.25) is 0 Å². The van der Waals surface area contributed by atoms with Gasteiger partial charge in [-0.05, 0) is 69.3 Å². The maximum atomic E-state index is 11.7. The van der Waals surface area contributed by atoms with Crippen molar-refractivity contribution in [3.8, 4) is 23.0 Å². The van der Waals surface area contributed by atoms with Gasteiger partial charge in [-0.2, -0.15) is 0 Å². The molecule has 0 aliphatic rings. The average molecular weight is 1720 g/mol. The number of para-hydroxylation sites is 4. The summed E-state index contributed by atoms with van der Waals surface area (Å²) in [6, 6.07) is 36.1. The molecule has 120 heavy (non-hydrogen) atoms. The van der Waals surface area contributed by atoms with Crippen LogP contribution in [0.5, 0.6) is 23.0 Å². The van der Waals surface area contributed by atoms with E-state index in [0.717, 1.165) is 0 Å². The number of carbonyl (C=O) groups excluding carboxylic acids is 5. The molecule has 4 aromatic carbocycles. The number of carbonyl (C=O) groups is 5. The van der Waals surface area contributed by atoms with Gasteiger partial charge in [0.05, 0.1) is 227 Å².